The van der Waals surface area contributed by atoms with Gasteiger partial charge in [0.25, 0.3) is 0 Å². The minimum absolute atomic E-state index is 0.545. The topological polar surface area (TPSA) is 9.23 Å². The molecule has 0 radical (unpaired) electrons. The number of benzene rings is 1. The molecule has 0 unspecified atom stereocenters. The molecule has 0 spiro atoms. The van der Waals surface area contributed by atoms with Crippen molar-refractivity contribution in [2.45, 2.75) is 90.3 Å². The number of allylic oxidation sites excluding steroid dienone is 2. The van der Waals surface area contributed by atoms with Crippen LogP contribution in [-0.4, -0.2) is 6.36 Å². The van der Waals surface area contributed by atoms with Gasteiger partial charge in [-0.25, -0.2) is 4.39 Å². The largest absolute Gasteiger partial charge is 0.573 e. The maximum atomic E-state index is 14.0. The van der Waals surface area contributed by atoms with E-state index in [1.807, 2.05) is 0 Å². The molecule has 0 bridgehead atoms. The van der Waals surface area contributed by atoms with E-state index in [4.69, 9.17) is 0 Å². The molecule has 2 aliphatic rings. The van der Waals surface area contributed by atoms with Crippen LogP contribution < -0.4 is 4.74 Å². The molecule has 2 aliphatic carbocycles. The monoisotopic (exact) mass is 412 g/mol. The number of hydrogen-bond donors (Lipinski definition) is 0. The lowest BCUT2D eigenvalue weighted by molar-refractivity contribution is -0.275. The first-order valence-electron chi connectivity index (χ1n) is 11.1. The van der Waals surface area contributed by atoms with Gasteiger partial charge in [0, 0.05) is 0 Å². The fourth-order valence-corrected chi connectivity index (χ4v) is 4.84. The standard InChI is InChI=1S/C24H32F4O/c1-2-3-4-5-17-6-8-18(9-7-17)10-11-19-12-13-20-16-23(29-24(26,27)28)22(25)15-21(20)14-19/h12,15-18H,2-11,13-14H2,1H3. The first-order valence-corrected chi connectivity index (χ1v) is 11.1. The second-order valence-electron chi connectivity index (χ2n) is 8.76. The van der Waals surface area contributed by atoms with Gasteiger partial charge < -0.3 is 4.74 Å². The van der Waals surface area contributed by atoms with Crippen LogP contribution >= 0.6 is 0 Å². The molecular weight excluding hydrogens is 380 g/mol. The molecule has 0 heterocycles. The number of rotatable bonds is 8. The lowest BCUT2D eigenvalue weighted by atomic mass is 9.77. The lowest BCUT2D eigenvalue weighted by Crippen LogP contribution is -2.18. The van der Waals surface area contributed by atoms with Gasteiger partial charge in [0.05, 0.1) is 0 Å². The molecule has 0 amide bonds. The molecular formula is C24H32F4O. The zero-order chi connectivity index (χ0) is 20.9. The van der Waals surface area contributed by atoms with E-state index in [-0.39, 0.29) is 0 Å². The summed E-state index contributed by atoms with van der Waals surface area (Å²) in [6.45, 7) is 2.25. The van der Waals surface area contributed by atoms with Gasteiger partial charge in [-0.1, -0.05) is 69.9 Å². The first-order chi connectivity index (χ1) is 13.8. The highest BCUT2D eigenvalue weighted by Crippen LogP contribution is 2.36. The molecule has 3 rings (SSSR count). The SMILES string of the molecule is CCCCCC1CCC(CCC2=CCc3cc(OC(F)(F)F)c(F)cc3C2)CC1. The second-order valence-corrected chi connectivity index (χ2v) is 8.76. The summed E-state index contributed by atoms with van der Waals surface area (Å²) in [7, 11) is 0. The van der Waals surface area contributed by atoms with E-state index in [0.29, 0.717) is 12.8 Å². The predicted molar refractivity (Wildman–Crippen MR) is 107 cm³/mol. The van der Waals surface area contributed by atoms with Crippen molar-refractivity contribution in [1.29, 1.82) is 0 Å². The third-order valence-corrected chi connectivity index (χ3v) is 6.56. The van der Waals surface area contributed by atoms with Crippen molar-refractivity contribution in [2.24, 2.45) is 11.8 Å². The second kappa shape index (κ2) is 9.99. The predicted octanol–water partition coefficient (Wildman–Crippen LogP) is 7.92. The van der Waals surface area contributed by atoms with Crippen molar-refractivity contribution in [3.05, 3.63) is 40.7 Å². The van der Waals surface area contributed by atoms with Gasteiger partial charge >= 0.3 is 6.36 Å². The Morgan fingerprint density at radius 2 is 1.66 bits per heavy atom. The Kier molecular flexibility index (Phi) is 7.64. The maximum Gasteiger partial charge on any atom is 0.573 e. The molecule has 0 atom stereocenters. The Bertz CT molecular complexity index is 700. The summed E-state index contributed by atoms with van der Waals surface area (Å²) in [6.07, 6.45) is 11.3. The van der Waals surface area contributed by atoms with Crippen LogP contribution in [0.4, 0.5) is 17.6 Å². The van der Waals surface area contributed by atoms with Gasteiger partial charge in [0.15, 0.2) is 11.6 Å². The molecule has 1 nitrogen and oxygen atoms in total. The van der Waals surface area contributed by atoms with Gasteiger partial charge in [-0.05, 0) is 60.8 Å². The molecule has 0 aromatic heterocycles. The molecule has 1 saturated carbocycles. The molecule has 162 valence electrons. The van der Waals surface area contributed by atoms with Crippen LogP contribution in [-0.2, 0) is 12.8 Å². The molecule has 0 aliphatic heterocycles. The molecule has 1 fully saturated rings. The van der Waals surface area contributed by atoms with Crippen LogP contribution in [0.3, 0.4) is 0 Å². The van der Waals surface area contributed by atoms with Gasteiger partial charge in [-0.3, -0.25) is 0 Å². The number of unbranched alkanes of at least 4 members (excludes halogenated alkanes) is 2. The van der Waals surface area contributed by atoms with Gasteiger partial charge in [-0.2, -0.15) is 0 Å². The summed E-state index contributed by atoms with van der Waals surface area (Å²) in [5.74, 6) is 0.0150. The Balaban J connectivity index is 1.46. The fourth-order valence-electron chi connectivity index (χ4n) is 4.84. The van der Waals surface area contributed by atoms with E-state index in [0.717, 1.165) is 29.4 Å². The summed E-state index contributed by atoms with van der Waals surface area (Å²) < 4.78 is 55.0. The van der Waals surface area contributed by atoms with Crippen molar-refractivity contribution >= 4 is 0 Å². The Morgan fingerprint density at radius 1 is 0.966 bits per heavy atom. The Labute approximate surface area is 171 Å². The van der Waals surface area contributed by atoms with Crippen LogP contribution in [0.15, 0.2) is 23.8 Å². The Hall–Kier alpha value is -1.52. The fraction of sp³-hybridized carbons (Fsp3) is 0.667. The summed E-state index contributed by atoms with van der Waals surface area (Å²) >= 11 is 0. The van der Waals surface area contributed by atoms with Crippen molar-refractivity contribution in [2.75, 3.05) is 0 Å². The molecule has 1 aromatic rings. The minimum atomic E-state index is -4.88. The van der Waals surface area contributed by atoms with Crippen LogP contribution in [0.1, 0.15) is 82.3 Å². The number of halogens is 4. The van der Waals surface area contributed by atoms with Crippen molar-refractivity contribution in [3.8, 4) is 5.75 Å². The summed E-state index contributed by atoms with van der Waals surface area (Å²) in [5.41, 5.74) is 2.79. The van der Waals surface area contributed by atoms with E-state index in [1.54, 1.807) is 0 Å². The Morgan fingerprint density at radius 3 is 2.31 bits per heavy atom. The highest BCUT2D eigenvalue weighted by atomic mass is 19.4. The minimum Gasteiger partial charge on any atom is -0.403 e. The van der Waals surface area contributed by atoms with Gasteiger partial charge in [0.1, 0.15) is 0 Å². The summed E-state index contributed by atoms with van der Waals surface area (Å²) in [6, 6.07) is 2.41. The molecule has 1 aromatic carbocycles. The van der Waals surface area contributed by atoms with Crippen LogP contribution in [0, 0.1) is 17.7 Å². The molecule has 0 N–H and O–H groups in total. The third kappa shape index (κ3) is 6.75. The van der Waals surface area contributed by atoms with E-state index in [1.165, 1.54) is 75.5 Å². The number of alkyl halides is 3. The smallest absolute Gasteiger partial charge is 0.403 e. The van der Waals surface area contributed by atoms with E-state index >= 15 is 0 Å². The zero-order valence-electron chi connectivity index (χ0n) is 17.3. The van der Waals surface area contributed by atoms with Crippen LogP contribution in [0.25, 0.3) is 0 Å². The number of hydrogen-bond acceptors (Lipinski definition) is 1. The van der Waals surface area contributed by atoms with Crippen molar-refractivity contribution in [1.82, 2.24) is 0 Å². The highest BCUT2D eigenvalue weighted by molar-refractivity contribution is 5.43. The quantitative estimate of drug-likeness (QED) is 0.239. The van der Waals surface area contributed by atoms with Crippen molar-refractivity contribution < 1.29 is 22.3 Å². The van der Waals surface area contributed by atoms with Crippen LogP contribution in [0.2, 0.25) is 0 Å². The third-order valence-electron chi connectivity index (χ3n) is 6.56. The van der Waals surface area contributed by atoms with E-state index < -0.39 is 17.9 Å². The van der Waals surface area contributed by atoms with Gasteiger partial charge in [0.2, 0.25) is 0 Å². The van der Waals surface area contributed by atoms with E-state index in [9.17, 15) is 17.6 Å². The van der Waals surface area contributed by atoms with Crippen molar-refractivity contribution in [3.63, 3.8) is 0 Å². The summed E-state index contributed by atoms with van der Waals surface area (Å²) in [4.78, 5) is 0. The zero-order valence-corrected chi connectivity index (χ0v) is 17.3. The maximum absolute atomic E-state index is 14.0. The van der Waals surface area contributed by atoms with Crippen LogP contribution in [0.5, 0.6) is 5.75 Å². The number of fused-ring (bicyclic) bond motifs is 1. The molecule has 0 saturated heterocycles. The summed E-state index contributed by atoms with van der Waals surface area (Å²) in [5, 5.41) is 0. The highest BCUT2D eigenvalue weighted by Gasteiger charge is 2.33. The molecule has 5 heteroatoms. The average Bonchev–Trinajstić information content (AvgIpc) is 2.67. The number of ether oxygens (including phenoxy) is 1. The normalized spacial score (nSPS) is 22.2. The first kappa shape index (κ1) is 22.2. The van der Waals surface area contributed by atoms with E-state index in [2.05, 4.69) is 17.7 Å². The average molecular weight is 413 g/mol. The lowest BCUT2D eigenvalue weighted by Gasteiger charge is -2.29. The molecule has 29 heavy (non-hydrogen) atoms. The van der Waals surface area contributed by atoms with Gasteiger partial charge in [-0.15, -0.1) is 13.2 Å².